The van der Waals surface area contributed by atoms with Gasteiger partial charge in [0.25, 0.3) is 0 Å². The Morgan fingerprint density at radius 2 is 1.71 bits per heavy atom. The van der Waals surface area contributed by atoms with E-state index in [1.165, 1.54) is 0 Å². The summed E-state index contributed by atoms with van der Waals surface area (Å²) in [5.74, 6) is -2.36. The second kappa shape index (κ2) is 10.5. The molecule has 2 aliphatic rings. The highest BCUT2D eigenvalue weighted by Crippen LogP contribution is 2.09. The Bertz CT molecular complexity index is 495. The molecule has 1 amide bonds. The average molecular weight is 341 g/mol. The van der Waals surface area contributed by atoms with Gasteiger partial charge in [-0.3, -0.25) is 9.69 Å². The Morgan fingerprint density at radius 1 is 1.12 bits per heavy atom. The van der Waals surface area contributed by atoms with Crippen molar-refractivity contribution in [3.8, 4) is 0 Å². The van der Waals surface area contributed by atoms with E-state index < -0.39 is 11.9 Å². The Balaban J connectivity index is 0.000000307. The number of hydrogen-bond acceptors (Lipinski definition) is 6. The van der Waals surface area contributed by atoms with Crippen LogP contribution in [-0.4, -0.2) is 83.1 Å². The Hall–Kier alpha value is -2.26. The van der Waals surface area contributed by atoms with Crippen molar-refractivity contribution in [3.63, 3.8) is 0 Å². The van der Waals surface area contributed by atoms with E-state index in [-0.39, 0.29) is 5.91 Å². The van der Waals surface area contributed by atoms with Gasteiger partial charge in [-0.05, 0) is 13.3 Å². The first-order valence-corrected chi connectivity index (χ1v) is 7.67. The SMILES string of the molecule is CC1=NN(CCN2CCOCC2)C(=O)CC1.O=C(O)/C=C\C(=O)O. The minimum Gasteiger partial charge on any atom is -0.478 e. The molecule has 0 unspecified atom stereocenters. The van der Waals surface area contributed by atoms with Crippen molar-refractivity contribution >= 4 is 23.6 Å². The third-order valence-corrected chi connectivity index (χ3v) is 3.38. The van der Waals surface area contributed by atoms with Crippen molar-refractivity contribution in [1.29, 1.82) is 0 Å². The number of hydrazone groups is 1. The van der Waals surface area contributed by atoms with Crippen molar-refractivity contribution < 1.29 is 29.3 Å². The molecule has 0 radical (unpaired) electrons. The summed E-state index contributed by atoms with van der Waals surface area (Å²) >= 11 is 0. The minimum atomic E-state index is -1.26. The largest absolute Gasteiger partial charge is 0.478 e. The molecular weight excluding hydrogens is 318 g/mol. The molecule has 0 aromatic rings. The van der Waals surface area contributed by atoms with Gasteiger partial charge < -0.3 is 14.9 Å². The number of rotatable bonds is 5. The monoisotopic (exact) mass is 341 g/mol. The first kappa shape index (κ1) is 19.8. The van der Waals surface area contributed by atoms with Gasteiger partial charge in [0.05, 0.1) is 19.8 Å². The number of amides is 1. The molecule has 24 heavy (non-hydrogen) atoms. The molecule has 2 aliphatic heterocycles. The highest BCUT2D eigenvalue weighted by atomic mass is 16.5. The van der Waals surface area contributed by atoms with Crippen molar-refractivity contribution in [1.82, 2.24) is 9.91 Å². The summed E-state index contributed by atoms with van der Waals surface area (Å²) in [5, 5.41) is 21.5. The van der Waals surface area contributed by atoms with E-state index in [1.807, 2.05) is 6.92 Å². The number of carboxylic acids is 2. The van der Waals surface area contributed by atoms with Crippen LogP contribution in [0.25, 0.3) is 0 Å². The Labute approximate surface area is 140 Å². The number of hydrogen-bond donors (Lipinski definition) is 2. The highest BCUT2D eigenvalue weighted by molar-refractivity contribution is 5.91. The average Bonchev–Trinajstić information content (AvgIpc) is 2.55. The van der Waals surface area contributed by atoms with Crippen LogP contribution >= 0.6 is 0 Å². The van der Waals surface area contributed by atoms with Gasteiger partial charge in [-0.1, -0.05) is 0 Å². The lowest BCUT2D eigenvalue weighted by atomic mass is 10.2. The Morgan fingerprint density at radius 3 is 2.25 bits per heavy atom. The number of morpholine rings is 1. The van der Waals surface area contributed by atoms with Gasteiger partial charge in [-0.15, -0.1) is 0 Å². The molecule has 0 saturated carbocycles. The number of carboxylic acid groups (broad SMARTS) is 2. The van der Waals surface area contributed by atoms with E-state index in [0.29, 0.717) is 25.1 Å². The number of carbonyl (C=O) groups excluding carboxylic acids is 1. The zero-order valence-electron chi connectivity index (χ0n) is 13.7. The van der Waals surface area contributed by atoms with Gasteiger partial charge in [0.2, 0.25) is 5.91 Å². The van der Waals surface area contributed by atoms with Crippen LogP contribution in [0.5, 0.6) is 0 Å². The summed E-state index contributed by atoms with van der Waals surface area (Å²) in [4.78, 5) is 33.0. The van der Waals surface area contributed by atoms with Crippen LogP contribution in [0.4, 0.5) is 0 Å². The lowest BCUT2D eigenvalue weighted by Gasteiger charge is -2.29. The third kappa shape index (κ3) is 8.39. The smallest absolute Gasteiger partial charge is 0.328 e. The van der Waals surface area contributed by atoms with E-state index in [1.54, 1.807) is 5.01 Å². The molecule has 0 bridgehead atoms. The minimum absolute atomic E-state index is 0.152. The van der Waals surface area contributed by atoms with E-state index in [4.69, 9.17) is 14.9 Å². The van der Waals surface area contributed by atoms with Crippen molar-refractivity contribution in [3.05, 3.63) is 12.2 Å². The third-order valence-electron chi connectivity index (χ3n) is 3.38. The molecule has 2 N–H and O–H groups in total. The van der Waals surface area contributed by atoms with Gasteiger partial charge >= 0.3 is 11.9 Å². The maximum atomic E-state index is 11.6. The first-order chi connectivity index (χ1) is 11.4. The standard InChI is InChI=1S/C11H19N3O2.C4H4O4/c1-10-2-3-11(15)14(12-10)5-4-13-6-8-16-9-7-13;5-3(6)1-2-4(7)8/h2-9H2,1H3;1-2H,(H,5,6)(H,7,8)/b;2-1-. The van der Waals surface area contributed by atoms with Crippen molar-refractivity contribution in [2.45, 2.75) is 19.8 Å². The van der Waals surface area contributed by atoms with E-state index in [0.717, 1.165) is 45.0 Å². The fourth-order valence-electron chi connectivity index (χ4n) is 2.11. The molecule has 0 aromatic carbocycles. The molecule has 134 valence electrons. The summed E-state index contributed by atoms with van der Waals surface area (Å²) in [6, 6.07) is 0. The topological polar surface area (TPSA) is 120 Å². The van der Waals surface area contributed by atoms with Gasteiger partial charge in [0.15, 0.2) is 0 Å². The molecule has 0 spiro atoms. The van der Waals surface area contributed by atoms with Crippen LogP contribution in [0.3, 0.4) is 0 Å². The molecule has 9 heteroatoms. The Kier molecular flexibility index (Phi) is 8.66. The summed E-state index contributed by atoms with van der Waals surface area (Å²) < 4.78 is 5.28. The molecular formula is C15H23N3O6. The predicted molar refractivity (Wildman–Crippen MR) is 85.7 cm³/mol. The van der Waals surface area contributed by atoms with Gasteiger partial charge in [-0.25, -0.2) is 14.6 Å². The fraction of sp³-hybridized carbons (Fsp3) is 0.600. The van der Waals surface area contributed by atoms with Crippen LogP contribution < -0.4 is 0 Å². The zero-order chi connectivity index (χ0) is 17.9. The van der Waals surface area contributed by atoms with Gasteiger partial charge in [0, 0.05) is 43.9 Å². The quantitative estimate of drug-likeness (QED) is 0.677. The van der Waals surface area contributed by atoms with E-state index >= 15 is 0 Å². The van der Waals surface area contributed by atoms with Gasteiger partial charge in [-0.2, -0.15) is 5.10 Å². The second-order valence-electron chi connectivity index (χ2n) is 5.32. The second-order valence-corrected chi connectivity index (χ2v) is 5.32. The lowest BCUT2D eigenvalue weighted by Crippen LogP contribution is -2.42. The van der Waals surface area contributed by atoms with Crippen LogP contribution in [0, 0.1) is 0 Å². The predicted octanol–water partition coefficient (Wildman–Crippen LogP) is 0.0287. The molecule has 0 atom stereocenters. The summed E-state index contributed by atoms with van der Waals surface area (Å²) in [7, 11) is 0. The van der Waals surface area contributed by atoms with Crippen LogP contribution in [0.1, 0.15) is 19.8 Å². The summed E-state index contributed by atoms with van der Waals surface area (Å²) in [6.07, 6.45) is 2.54. The van der Waals surface area contributed by atoms with Crippen LogP contribution in [0.15, 0.2) is 17.3 Å². The normalized spacial score (nSPS) is 18.8. The molecule has 1 fully saturated rings. The number of nitrogens with zero attached hydrogens (tertiary/aromatic N) is 3. The number of aliphatic carboxylic acids is 2. The summed E-state index contributed by atoms with van der Waals surface area (Å²) in [6.45, 7) is 7.11. The molecule has 1 saturated heterocycles. The lowest BCUT2D eigenvalue weighted by molar-refractivity contribution is -0.134. The molecule has 0 aliphatic carbocycles. The fourth-order valence-corrected chi connectivity index (χ4v) is 2.11. The highest BCUT2D eigenvalue weighted by Gasteiger charge is 2.19. The van der Waals surface area contributed by atoms with E-state index in [2.05, 4.69) is 10.0 Å². The molecule has 2 heterocycles. The van der Waals surface area contributed by atoms with Crippen molar-refractivity contribution in [2.24, 2.45) is 5.10 Å². The first-order valence-electron chi connectivity index (χ1n) is 7.67. The number of ether oxygens (including phenoxy) is 1. The van der Waals surface area contributed by atoms with E-state index in [9.17, 15) is 14.4 Å². The van der Waals surface area contributed by atoms with Gasteiger partial charge in [0.1, 0.15) is 0 Å². The van der Waals surface area contributed by atoms with Crippen molar-refractivity contribution in [2.75, 3.05) is 39.4 Å². The zero-order valence-corrected chi connectivity index (χ0v) is 13.7. The molecule has 9 nitrogen and oxygen atoms in total. The number of carbonyl (C=O) groups is 3. The molecule has 2 rings (SSSR count). The van der Waals surface area contributed by atoms with Crippen LogP contribution in [-0.2, 0) is 19.1 Å². The van der Waals surface area contributed by atoms with Crippen LogP contribution in [0.2, 0.25) is 0 Å². The maximum Gasteiger partial charge on any atom is 0.328 e. The molecule has 0 aromatic heterocycles. The summed E-state index contributed by atoms with van der Waals surface area (Å²) in [5.41, 5.74) is 1.06. The maximum absolute atomic E-state index is 11.6.